The molecule has 0 atom stereocenters. The zero-order chi connectivity index (χ0) is 17.8. The number of aryl methyl sites for hydroxylation is 2. The number of nitrogens with one attached hydrogen (secondary N) is 1. The molecule has 2 aromatic heterocycles. The number of hydrogen-bond acceptors (Lipinski definition) is 2. The first-order valence-electron chi connectivity index (χ1n) is 9.25. The van der Waals surface area contributed by atoms with Crippen molar-refractivity contribution in [2.75, 3.05) is 6.54 Å². The fourth-order valence-corrected chi connectivity index (χ4v) is 4.70. The van der Waals surface area contributed by atoms with Gasteiger partial charge in [0.15, 0.2) is 0 Å². The number of nitrogens with zero attached hydrogens (tertiary/aromatic N) is 3. The summed E-state index contributed by atoms with van der Waals surface area (Å²) < 4.78 is 1.79. The third-order valence-electron chi connectivity index (χ3n) is 5.77. The first-order valence-corrected chi connectivity index (χ1v) is 9.63. The largest absolute Gasteiger partial charge is 0.357 e. The van der Waals surface area contributed by atoms with E-state index in [0.717, 1.165) is 65.1 Å². The van der Waals surface area contributed by atoms with Gasteiger partial charge in [-0.2, -0.15) is 5.10 Å². The Morgan fingerprint density at radius 2 is 2.04 bits per heavy atom. The maximum Gasteiger partial charge on any atom is 0.272 e. The first kappa shape index (κ1) is 15.9. The molecular weight excluding hydrogens is 348 g/mol. The van der Waals surface area contributed by atoms with Crippen LogP contribution in [0.25, 0.3) is 10.9 Å². The normalized spacial score (nSPS) is 16.6. The molecule has 0 saturated heterocycles. The Morgan fingerprint density at radius 3 is 2.92 bits per heavy atom. The third kappa shape index (κ3) is 2.30. The van der Waals surface area contributed by atoms with E-state index in [1.165, 1.54) is 17.7 Å². The van der Waals surface area contributed by atoms with Crippen LogP contribution in [-0.2, 0) is 32.9 Å². The standard InChI is InChI=1S/C20H21ClN4O/c1-24-19(13-5-2-3-8-17(13)23-24)20(26)25-10-9-16-14(11-25)12-6-4-7-15(21)18(12)22-16/h4,6-7,22H,2-3,5,8-11H2,1H3. The van der Waals surface area contributed by atoms with Gasteiger partial charge in [-0.25, -0.2) is 0 Å². The maximum absolute atomic E-state index is 13.3. The minimum Gasteiger partial charge on any atom is -0.357 e. The molecule has 0 saturated carbocycles. The fourth-order valence-electron chi connectivity index (χ4n) is 4.47. The van der Waals surface area contributed by atoms with E-state index in [1.807, 2.05) is 24.1 Å². The Kier molecular flexibility index (Phi) is 3.60. The van der Waals surface area contributed by atoms with E-state index in [9.17, 15) is 4.79 Å². The van der Waals surface area contributed by atoms with Crippen LogP contribution >= 0.6 is 11.6 Å². The number of amides is 1. The lowest BCUT2D eigenvalue weighted by atomic mass is 9.95. The lowest BCUT2D eigenvalue weighted by molar-refractivity contribution is 0.0722. The number of aromatic nitrogens is 3. The number of hydrogen-bond donors (Lipinski definition) is 1. The molecule has 0 fully saturated rings. The molecule has 0 radical (unpaired) electrons. The predicted molar refractivity (Wildman–Crippen MR) is 102 cm³/mol. The van der Waals surface area contributed by atoms with E-state index in [1.54, 1.807) is 4.68 Å². The summed E-state index contributed by atoms with van der Waals surface area (Å²) in [5.41, 5.74) is 6.42. The molecule has 3 aromatic rings. The number of carbonyl (C=O) groups is 1. The van der Waals surface area contributed by atoms with Gasteiger partial charge in [0, 0.05) is 48.8 Å². The molecule has 5 rings (SSSR count). The molecule has 6 heteroatoms. The smallest absolute Gasteiger partial charge is 0.272 e. The van der Waals surface area contributed by atoms with Crippen LogP contribution in [0.3, 0.4) is 0 Å². The predicted octanol–water partition coefficient (Wildman–Crippen LogP) is 3.63. The average molecular weight is 369 g/mol. The maximum atomic E-state index is 13.3. The van der Waals surface area contributed by atoms with Crippen molar-refractivity contribution in [2.24, 2.45) is 7.05 Å². The van der Waals surface area contributed by atoms with Crippen molar-refractivity contribution in [3.05, 3.63) is 51.4 Å². The van der Waals surface area contributed by atoms with Crippen molar-refractivity contribution in [2.45, 2.75) is 38.6 Å². The van der Waals surface area contributed by atoms with E-state index in [4.69, 9.17) is 11.6 Å². The molecule has 1 amide bonds. The zero-order valence-electron chi connectivity index (χ0n) is 14.8. The van der Waals surface area contributed by atoms with Crippen LogP contribution < -0.4 is 0 Å². The summed E-state index contributed by atoms with van der Waals surface area (Å²) >= 11 is 6.33. The molecule has 1 aliphatic heterocycles. The van der Waals surface area contributed by atoms with Gasteiger partial charge >= 0.3 is 0 Å². The highest BCUT2D eigenvalue weighted by molar-refractivity contribution is 6.35. The van der Waals surface area contributed by atoms with Crippen LogP contribution in [0.4, 0.5) is 0 Å². The quantitative estimate of drug-likeness (QED) is 0.713. The molecule has 1 aromatic carbocycles. The molecule has 2 aliphatic rings. The van der Waals surface area contributed by atoms with Crippen LogP contribution in [0.15, 0.2) is 18.2 Å². The first-order chi connectivity index (χ1) is 12.6. The molecule has 5 nitrogen and oxygen atoms in total. The highest BCUT2D eigenvalue weighted by Gasteiger charge is 2.30. The van der Waals surface area contributed by atoms with Gasteiger partial charge in [0.25, 0.3) is 5.91 Å². The number of carbonyl (C=O) groups excluding carboxylic acids is 1. The number of benzene rings is 1. The van der Waals surface area contributed by atoms with E-state index >= 15 is 0 Å². The molecule has 0 spiro atoms. The van der Waals surface area contributed by atoms with Gasteiger partial charge in [0.05, 0.1) is 16.2 Å². The second-order valence-corrected chi connectivity index (χ2v) is 7.73. The molecule has 0 unspecified atom stereocenters. The highest BCUT2D eigenvalue weighted by atomic mass is 35.5. The second kappa shape index (κ2) is 5.88. The fraction of sp³-hybridized carbons (Fsp3) is 0.400. The SMILES string of the molecule is Cn1nc2c(c1C(=O)N1CCc3[nH]c4c(Cl)cccc4c3C1)CCCC2. The summed E-state index contributed by atoms with van der Waals surface area (Å²) in [6.45, 7) is 1.34. The summed E-state index contributed by atoms with van der Waals surface area (Å²) in [6.07, 6.45) is 5.09. The average Bonchev–Trinajstić information content (AvgIpc) is 3.18. The second-order valence-electron chi connectivity index (χ2n) is 7.33. The molecule has 134 valence electrons. The number of halogens is 1. The topological polar surface area (TPSA) is 53.9 Å². The van der Waals surface area contributed by atoms with Crippen molar-refractivity contribution in [1.29, 1.82) is 0 Å². The van der Waals surface area contributed by atoms with Crippen LogP contribution in [0.1, 0.15) is 45.8 Å². The molecule has 0 bridgehead atoms. The Morgan fingerprint density at radius 1 is 1.19 bits per heavy atom. The van der Waals surface area contributed by atoms with Crippen molar-refractivity contribution in [3.63, 3.8) is 0 Å². The molecular formula is C20H21ClN4O. The van der Waals surface area contributed by atoms with E-state index in [-0.39, 0.29) is 5.91 Å². The van der Waals surface area contributed by atoms with Gasteiger partial charge in [-0.15, -0.1) is 0 Å². The zero-order valence-corrected chi connectivity index (χ0v) is 15.6. The summed E-state index contributed by atoms with van der Waals surface area (Å²) in [5, 5.41) is 6.46. The van der Waals surface area contributed by atoms with Crippen molar-refractivity contribution in [1.82, 2.24) is 19.7 Å². The summed E-state index contributed by atoms with van der Waals surface area (Å²) in [6, 6.07) is 5.95. The van der Waals surface area contributed by atoms with E-state index in [2.05, 4.69) is 16.1 Å². The van der Waals surface area contributed by atoms with E-state index < -0.39 is 0 Å². The van der Waals surface area contributed by atoms with Gasteiger partial charge in [0.2, 0.25) is 0 Å². The van der Waals surface area contributed by atoms with Gasteiger partial charge < -0.3 is 9.88 Å². The number of H-pyrrole nitrogens is 1. The number of fused-ring (bicyclic) bond motifs is 4. The van der Waals surface area contributed by atoms with Gasteiger partial charge in [-0.1, -0.05) is 23.7 Å². The molecule has 3 heterocycles. The number of rotatable bonds is 1. The van der Waals surface area contributed by atoms with Gasteiger partial charge in [0.1, 0.15) is 5.69 Å². The van der Waals surface area contributed by atoms with Crippen LogP contribution in [0.2, 0.25) is 5.02 Å². The lowest BCUT2D eigenvalue weighted by Crippen LogP contribution is -2.37. The molecule has 1 aliphatic carbocycles. The van der Waals surface area contributed by atoms with Gasteiger partial charge in [-0.3, -0.25) is 9.48 Å². The van der Waals surface area contributed by atoms with Crippen molar-refractivity contribution in [3.8, 4) is 0 Å². The Labute approximate surface area is 156 Å². The van der Waals surface area contributed by atoms with Crippen molar-refractivity contribution < 1.29 is 4.79 Å². The van der Waals surface area contributed by atoms with Crippen LogP contribution in [0, 0.1) is 0 Å². The Balaban J connectivity index is 1.52. The van der Waals surface area contributed by atoms with Crippen molar-refractivity contribution >= 4 is 28.4 Å². The Hall–Kier alpha value is -2.27. The van der Waals surface area contributed by atoms with Crippen LogP contribution in [-0.4, -0.2) is 32.1 Å². The summed E-state index contributed by atoms with van der Waals surface area (Å²) in [7, 11) is 1.90. The highest BCUT2D eigenvalue weighted by Crippen LogP contribution is 2.33. The van der Waals surface area contributed by atoms with Crippen LogP contribution in [0.5, 0.6) is 0 Å². The minimum absolute atomic E-state index is 0.102. The molecule has 1 N–H and O–H groups in total. The third-order valence-corrected chi connectivity index (χ3v) is 6.08. The summed E-state index contributed by atoms with van der Waals surface area (Å²) in [5.74, 6) is 0.102. The minimum atomic E-state index is 0.102. The lowest BCUT2D eigenvalue weighted by Gasteiger charge is -2.28. The number of para-hydroxylation sites is 1. The molecule has 26 heavy (non-hydrogen) atoms. The van der Waals surface area contributed by atoms with Gasteiger partial charge in [-0.05, 0) is 31.7 Å². The Bertz CT molecular complexity index is 1030. The summed E-state index contributed by atoms with van der Waals surface area (Å²) in [4.78, 5) is 18.7. The number of aromatic amines is 1. The van der Waals surface area contributed by atoms with E-state index in [0.29, 0.717) is 6.54 Å². The monoisotopic (exact) mass is 368 g/mol.